The first-order valence-electron chi connectivity index (χ1n) is 7.26. The third kappa shape index (κ3) is 1.53. The monoisotopic (exact) mass is 284 g/mol. The van der Waals surface area contributed by atoms with Crippen LogP contribution in [-0.4, -0.2) is 4.83 Å². The van der Waals surface area contributed by atoms with Crippen LogP contribution >= 0.6 is 15.9 Å². The number of fused-ring (bicyclic) bond motifs is 3. The van der Waals surface area contributed by atoms with E-state index in [0.29, 0.717) is 5.41 Å². The van der Waals surface area contributed by atoms with Gasteiger partial charge in [0.25, 0.3) is 0 Å². The second-order valence-electron chi connectivity index (χ2n) is 7.01. The molecule has 3 aliphatic carbocycles. The van der Waals surface area contributed by atoms with Gasteiger partial charge >= 0.3 is 0 Å². The van der Waals surface area contributed by atoms with Gasteiger partial charge in [0.2, 0.25) is 0 Å². The molecule has 0 aromatic rings. The molecule has 3 aliphatic rings. The minimum Gasteiger partial charge on any atom is -0.0887 e. The van der Waals surface area contributed by atoms with Crippen LogP contribution in [0.15, 0.2) is 0 Å². The Morgan fingerprint density at radius 3 is 2.38 bits per heavy atom. The van der Waals surface area contributed by atoms with Crippen molar-refractivity contribution in [3.05, 3.63) is 0 Å². The maximum atomic E-state index is 4.00. The maximum absolute atomic E-state index is 4.00. The molecule has 3 fully saturated rings. The zero-order chi connectivity index (χ0) is 11.3. The quantitative estimate of drug-likeness (QED) is 0.549. The van der Waals surface area contributed by atoms with Crippen molar-refractivity contribution < 1.29 is 0 Å². The van der Waals surface area contributed by atoms with Crippen LogP contribution in [0.4, 0.5) is 0 Å². The fraction of sp³-hybridized carbons (Fsp3) is 1.00. The smallest absolute Gasteiger partial charge is 0.0182 e. The van der Waals surface area contributed by atoms with E-state index in [9.17, 15) is 0 Å². The normalized spacial score (nSPS) is 50.8. The number of alkyl halides is 1. The number of hydrogen-bond donors (Lipinski definition) is 0. The number of rotatable bonds is 0. The van der Waals surface area contributed by atoms with Gasteiger partial charge in [0.15, 0.2) is 0 Å². The molecule has 0 amide bonds. The molecule has 16 heavy (non-hydrogen) atoms. The van der Waals surface area contributed by atoms with E-state index in [-0.39, 0.29) is 0 Å². The van der Waals surface area contributed by atoms with Crippen LogP contribution < -0.4 is 0 Å². The van der Waals surface area contributed by atoms with Crippen molar-refractivity contribution >= 4 is 15.9 Å². The van der Waals surface area contributed by atoms with Crippen LogP contribution in [0.2, 0.25) is 0 Å². The van der Waals surface area contributed by atoms with E-state index in [4.69, 9.17) is 0 Å². The van der Waals surface area contributed by atoms with Crippen LogP contribution in [-0.2, 0) is 0 Å². The van der Waals surface area contributed by atoms with Gasteiger partial charge in [0, 0.05) is 4.83 Å². The van der Waals surface area contributed by atoms with E-state index in [2.05, 4.69) is 29.8 Å². The highest BCUT2D eigenvalue weighted by Crippen LogP contribution is 2.63. The van der Waals surface area contributed by atoms with Crippen LogP contribution in [0.3, 0.4) is 0 Å². The lowest BCUT2D eigenvalue weighted by molar-refractivity contribution is 0.130. The molecule has 5 unspecified atom stereocenters. The van der Waals surface area contributed by atoms with E-state index in [1.807, 2.05) is 0 Å². The SMILES string of the molecule is CC1(C)C2CCCCC2C2CCCC(Br)C21. The molecule has 0 bridgehead atoms. The van der Waals surface area contributed by atoms with Crippen molar-refractivity contribution in [2.24, 2.45) is 29.1 Å². The summed E-state index contributed by atoms with van der Waals surface area (Å²) in [5.74, 6) is 4.14. The molecule has 0 nitrogen and oxygen atoms in total. The van der Waals surface area contributed by atoms with Crippen LogP contribution in [0.25, 0.3) is 0 Å². The summed E-state index contributed by atoms with van der Waals surface area (Å²) >= 11 is 4.00. The van der Waals surface area contributed by atoms with Gasteiger partial charge in [-0.1, -0.05) is 49.0 Å². The summed E-state index contributed by atoms with van der Waals surface area (Å²) in [6, 6.07) is 0. The number of hydrogen-bond acceptors (Lipinski definition) is 0. The summed E-state index contributed by atoms with van der Waals surface area (Å²) < 4.78 is 0. The van der Waals surface area contributed by atoms with Gasteiger partial charge < -0.3 is 0 Å². The highest BCUT2D eigenvalue weighted by molar-refractivity contribution is 9.09. The topological polar surface area (TPSA) is 0 Å². The summed E-state index contributed by atoms with van der Waals surface area (Å²) in [6.45, 7) is 5.14. The molecule has 3 saturated carbocycles. The highest BCUT2D eigenvalue weighted by atomic mass is 79.9. The Hall–Kier alpha value is 0.480. The van der Waals surface area contributed by atoms with E-state index in [0.717, 1.165) is 28.5 Å². The third-order valence-electron chi connectivity index (χ3n) is 6.05. The third-order valence-corrected chi connectivity index (χ3v) is 7.08. The molecule has 5 atom stereocenters. The molecule has 0 N–H and O–H groups in total. The lowest BCUT2D eigenvalue weighted by Crippen LogP contribution is -2.35. The van der Waals surface area contributed by atoms with Crippen molar-refractivity contribution in [2.45, 2.75) is 63.6 Å². The summed E-state index contributed by atoms with van der Waals surface area (Å²) in [4.78, 5) is 0.812. The van der Waals surface area contributed by atoms with Gasteiger partial charge in [-0.2, -0.15) is 0 Å². The van der Waals surface area contributed by atoms with E-state index in [1.54, 1.807) is 0 Å². The Bertz CT molecular complexity index is 271. The van der Waals surface area contributed by atoms with E-state index in [1.165, 1.54) is 44.9 Å². The van der Waals surface area contributed by atoms with Gasteiger partial charge in [-0.05, 0) is 54.8 Å². The van der Waals surface area contributed by atoms with Crippen molar-refractivity contribution in [3.8, 4) is 0 Å². The molecular formula is C15H25Br. The Balaban J connectivity index is 1.94. The molecule has 0 radical (unpaired) electrons. The Labute approximate surface area is 109 Å². The van der Waals surface area contributed by atoms with Gasteiger partial charge in [-0.3, -0.25) is 0 Å². The molecule has 0 spiro atoms. The lowest BCUT2D eigenvalue weighted by Gasteiger charge is -2.40. The summed E-state index contributed by atoms with van der Waals surface area (Å²) in [5, 5.41) is 0. The second kappa shape index (κ2) is 4.00. The average Bonchev–Trinajstić information content (AvgIpc) is 2.50. The largest absolute Gasteiger partial charge is 0.0887 e. The predicted molar refractivity (Wildman–Crippen MR) is 72.8 cm³/mol. The first-order chi connectivity index (χ1) is 7.62. The Kier molecular flexibility index (Phi) is 2.89. The van der Waals surface area contributed by atoms with Crippen LogP contribution in [0.1, 0.15) is 58.8 Å². The van der Waals surface area contributed by atoms with E-state index < -0.39 is 0 Å². The van der Waals surface area contributed by atoms with Crippen molar-refractivity contribution in [3.63, 3.8) is 0 Å². The van der Waals surface area contributed by atoms with Crippen molar-refractivity contribution in [2.75, 3.05) is 0 Å². The zero-order valence-electron chi connectivity index (χ0n) is 10.7. The molecule has 3 rings (SSSR count). The summed E-state index contributed by atoms with van der Waals surface area (Å²) in [7, 11) is 0. The van der Waals surface area contributed by atoms with E-state index >= 15 is 0 Å². The second-order valence-corrected chi connectivity index (χ2v) is 8.19. The predicted octanol–water partition coefficient (Wildman–Crippen LogP) is 5.01. The van der Waals surface area contributed by atoms with Gasteiger partial charge in [-0.25, -0.2) is 0 Å². The van der Waals surface area contributed by atoms with Gasteiger partial charge in [0.1, 0.15) is 0 Å². The molecule has 0 aromatic carbocycles. The molecule has 1 heteroatoms. The molecule has 92 valence electrons. The van der Waals surface area contributed by atoms with Crippen LogP contribution in [0.5, 0.6) is 0 Å². The van der Waals surface area contributed by atoms with Crippen LogP contribution in [0, 0.1) is 29.1 Å². The molecule has 0 aromatic heterocycles. The lowest BCUT2D eigenvalue weighted by atomic mass is 9.68. The van der Waals surface area contributed by atoms with Gasteiger partial charge in [0.05, 0.1) is 0 Å². The molecular weight excluding hydrogens is 260 g/mol. The molecule has 0 aliphatic heterocycles. The first-order valence-corrected chi connectivity index (χ1v) is 8.18. The minimum atomic E-state index is 0.602. The minimum absolute atomic E-state index is 0.602. The number of halogens is 1. The maximum Gasteiger partial charge on any atom is 0.0182 e. The first kappa shape index (κ1) is 11.6. The summed E-state index contributed by atoms with van der Waals surface area (Å²) in [6.07, 6.45) is 10.5. The Morgan fingerprint density at radius 2 is 1.56 bits per heavy atom. The highest BCUT2D eigenvalue weighted by Gasteiger charge is 2.57. The summed E-state index contributed by atoms with van der Waals surface area (Å²) in [5.41, 5.74) is 0.602. The molecule has 0 saturated heterocycles. The van der Waals surface area contributed by atoms with Gasteiger partial charge in [-0.15, -0.1) is 0 Å². The standard InChI is InChI=1S/C15H25Br/c1-15(2)12-8-4-3-6-10(12)11-7-5-9-13(16)14(11)15/h10-14H,3-9H2,1-2H3. The zero-order valence-corrected chi connectivity index (χ0v) is 12.3. The Morgan fingerprint density at radius 1 is 0.875 bits per heavy atom. The fourth-order valence-electron chi connectivity index (χ4n) is 5.52. The molecule has 0 heterocycles. The van der Waals surface area contributed by atoms with Crippen molar-refractivity contribution in [1.29, 1.82) is 0 Å². The fourth-order valence-corrected chi connectivity index (χ4v) is 6.91. The van der Waals surface area contributed by atoms with Crippen molar-refractivity contribution in [1.82, 2.24) is 0 Å². The average molecular weight is 285 g/mol.